The van der Waals surface area contributed by atoms with Gasteiger partial charge in [0.05, 0.1) is 12.5 Å². The van der Waals surface area contributed by atoms with Crippen LogP contribution in [0.15, 0.2) is 30.3 Å². The molecule has 0 bridgehead atoms. The summed E-state index contributed by atoms with van der Waals surface area (Å²) in [5.41, 5.74) is 1.22. The van der Waals surface area contributed by atoms with Gasteiger partial charge < -0.3 is 15.1 Å². The maximum Gasteiger partial charge on any atom is 0.306 e. The van der Waals surface area contributed by atoms with Crippen molar-refractivity contribution in [2.24, 2.45) is 0 Å². The second kappa shape index (κ2) is 6.54. The molecule has 1 heterocycles. The molecule has 104 valence electrons. The minimum absolute atomic E-state index is 0.182. The fourth-order valence-electron chi connectivity index (χ4n) is 2.39. The molecule has 1 fully saturated rings. The van der Waals surface area contributed by atoms with Crippen LogP contribution < -0.4 is 4.90 Å². The average molecular weight is 264 g/mol. The van der Waals surface area contributed by atoms with E-state index >= 15 is 0 Å². The molecule has 2 rings (SSSR count). The summed E-state index contributed by atoms with van der Waals surface area (Å²) in [6.07, 6.45) is -0.959. The molecule has 1 aliphatic heterocycles. The number of rotatable bonds is 5. The first-order chi connectivity index (χ1) is 9.15. The minimum atomic E-state index is -0.949. The van der Waals surface area contributed by atoms with Crippen molar-refractivity contribution in [1.82, 2.24) is 4.90 Å². The van der Waals surface area contributed by atoms with Crippen molar-refractivity contribution in [2.75, 3.05) is 37.6 Å². The van der Waals surface area contributed by atoms with Gasteiger partial charge in [-0.15, -0.1) is 0 Å². The summed E-state index contributed by atoms with van der Waals surface area (Å²) in [7, 11) is 0. The van der Waals surface area contributed by atoms with Crippen LogP contribution in [0.4, 0.5) is 5.69 Å². The lowest BCUT2D eigenvalue weighted by molar-refractivity contribution is -0.139. The predicted octanol–water partition coefficient (Wildman–Crippen LogP) is 0.644. The van der Waals surface area contributed by atoms with Crippen LogP contribution in [0.5, 0.6) is 0 Å². The number of piperazine rings is 1. The smallest absolute Gasteiger partial charge is 0.306 e. The number of β-amino-alcohol motifs (C(OH)–C–C–N with tert-alkyl or cyclic N) is 1. The van der Waals surface area contributed by atoms with Crippen LogP contribution in [0.25, 0.3) is 0 Å². The Morgan fingerprint density at radius 3 is 2.37 bits per heavy atom. The average Bonchev–Trinajstić information content (AvgIpc) is 2.39. The maximum atomic E-state index is 10.5. The molecule has 2 N–H and O–H groups in total. The molecular weight excluding hydrogens is 244 g/mol. The zero-order valence-corrected chi connectivity index (χ0v) is 10.9. The number of aliphatic hydroxyl groups excluding tert-OH is 1. The monoisotopic (exact) mass is 264 g/mol. The summed E-state index contributed by atoms with van der Waals surface area (Å²) in [4.78, 5) is 14.9. The largest absolute Gasteiger partial charge is 0.481 e. The molecule has 5 nitrogen and oxygen atoms in total. The fraction of sp³-hybridized carbons (Fsp3) is 0.500. The van der Waals surface area contributed by atoms with Crippen molar-refractivity contribution >= 4 is 11.7 Å². The third-order valence-electron chi connectivity index (χ3n) is 3.37. The second-order valence-electron chi connectivity index (χ2n) is 4.87. The fourth-order valence-corrected chi connectivity index (χ4v) is 2.39. The number of carboxylic acid groups (broad SMARTS) is 1. The maximum absolute atomic E-state index is 10.5. The molecule has 1 aromatic rings. The molecule has 1 atom stereocenters. The number of nitrogens with zero attached hydrogens (tertiary/aromatic N) is 2. The molecule has 1 aliphatic rings. The summed E-state index contributed by atoms with van der Waals surface area (Å²) >= 11 is 0. The molecule has 0 saturated carbocycles. The zero-order valence-electron chi connectivity index (χ0n) is 10.9. The van der Waals surface area contributed by atoms with Gasteiger partial charge in [0.15, 0.2) is 0 Å². The Morgan fingerprint density at radius 2 is 1.79 bits per heavy atom. The van der Waals surface area contributed by atoms with E-state index in [1.807, 2.05) is 18.2 Å². The molecule has 19 heavy (non-hydrogen) atoms. The number of hydrogen-bond acceptors (Lipinski definition) is 4. The van der Waals surface area contributed by atoms with Crippen molar-refractivity contribution < 1.29 is 15.0 Å². The van der Waals surface area contributed by atoms with Crippen LogP contribution in [0, 0.1) is 0 Å². The van der Waals surface area contributed by atoms with E-state index in [0.717, 1.165) is 26.2 Å². The van der Waals surface area contributed by atoms with Crippen molar-refractivity contribution in [3.63, 3.8) is 0 Å². The van der Waals surface area contributed by atoms with E-state index < -0.39 is 12.1 Å². The number of anilines is 1. The molecule has 1 unspecified atom stereocenters. The summed E-state index contributed by atoms with van der Waals surface area (Å²) in [6, 6.07) is 10.2. The molecule has 0 aliphatic carbocycles. The van der Waals surface area contributed by atoms with Gasteiger partial charge in [0.2, 0.25) is 0 Å². The second-order valence-corrected chi connectivity index (χ2v) is 4.87. The summed E-state index contributed by atoms with van der Waals surface area (Å²) in [6.45, 7) is 3.96. The lowest BCUT2D eigenvalue weighted by atomic mass is 10.2. The van der Waals surface area contributed by atoms with Crippen molar-refractivity contribution in [3.8, 4) is 0 Å². The number of benzene rings is 1. The Balaban J connectivity index is 1.78. The van der Waals surface area contributed by atoms with E-state index in [4.69, 9.17) is 5.11 Å². The van der Waals surface area contributed by atoms with Crippen molar-refractivity contribution in [3.05, 3.63) is 30.3 Å². The van der Waals surface area contributed by atoms with Gasteiger partial charge >= 0.3 is 5.97 Å². The topological polar surface area (TPSA) is 64.0 Å². The summed E-state index contributed by atoms with van der Waals surface area (Å²) < 4.78 is 0. The Morgan fingerprint density at radius 1 is 1.16 bits per heavy atom. The van der Waals surface area contributed by atoms with E-state index in [1.165, 1.54) is 5.69 Å². The molecule has 1 aromatic carbocycles. The van der Waals surface area contributed by atoms with Crippen LogP contribution in [-0.2, 0) is 4.79 Å². The van der Waals surface area contributed by atoms with Gasteiger partial charge in [-0.2, -0.15) is 0 Å². The number of carboxylic acids is 1. The standard InChI is InChI=1S/C14H20N2O3/c17-13(10-14(18)19)11-15-6-8-16(9-7-15)12-4-2-1-3-5-12/h1-5,13,17H,6-11H2,(H,18,19). The van der Waals surface area contributed by atoms with Gasteiger partial charge in [0.1, 0.15) is 0 Å². The molecule has 5 heteroatoms. The Bertz CT molecular complexity index is 402. The first kappa shape index (κ1) is 13.8. The lowest BCUT2D eigenvalue weighted by Crippen LogP contribution is -2.48. The highest BCUT2D eigenvalue weighted by Crippen LogP contribution is 2.15. The van der Waals surface area contributed by atoms with E-state index in [0.29, 0.717) is 6.54 Å². The van der Waals surface area contributed by atoms with Crippen LogP contribution in [0.2, 0.25) is 0 Å². The number of para-hydroxylation sites is 1. The quantitative estimate of drug-likeness (QED) is 0.817. The first-order valence-corrected chi connectivity index (χ1v) is 6.57. The number of carbonyl (C=O) groups is 1. The van der Waals surface area contributed by atoms with Crippen LogP contribution in [0.1, 0.15) is 6.42 Å². The molecule has 0 amide bonds. The highest BCUT2D eigenvalue weighted by molar-refractivity contribution is 5.67. The van der Waals surface area contributed by atoms with Crippen LogP contribution in [0.3, 0.4) is 0 Å². The minimum Gasteiger partial charge on any atom is -0.481 e. The molecule has 1 saturated heterocycles. The van der Waals surface area contributed by atoms with E-state index in [2.05, 4.69) is 21.9 Å². The Labute approximate surface area is 113 Å². The summed E-state index contributed by atoms with van der Waals surface area (Å²) in [5.74, 6) is -0.949. The normalized spacial score (nSPS) is 18.3. The van der Waals surface area contributed by atoms with Gasteiger partial charge in [-0.3, -0.25) is 9.69 Å². The Hall–Kier alpha value is -1.59. The van der Waals surface area contributed by atoms with Crippen molar-refractivity contribution in [2.45, 2.75) is 12.5 Å². The molecule has 0 radical (unpaired) electrons. The zero-order chi connectivity index (χ0) is 13.7. The lowest BCUT2D eigenvalue weighted by Gasteiger charge is -2.36. The summed E-state index contributed by atoms with van der Waals surface area (Å²) in [5, 5.41) is 18.2. The predicted molar refractivity (Wildman–Crippen MR) is 73.4 cm³/mol. The Kier molecular flexibility index (Phi) is 4.76. The SMILES string of the molecule is O=C(O)CC(O)CN1CCN(c2ccccc2)CC1. The van der Waals surface area contributed by atoms with Gasteiger partial charge in [-0.05, 0) is 12.1 Å². The number of aliphatic hydroxyl groups is 1. The van der Waals surface area contributed by atoms with Crippen molar-refractivity contribution in [1.29, 1.82) is 0 Å². The molecule has 0 aromatic heterocycles. The van der Waals surface area contributed by atoms with Gasteiger partial charge in [0, 0.05) is 38.4 Å². The molecule has 0 spiro atoms. The highest BCUT2D eigenvalue weighted by Gasteiger charge is 2.20. The third kappa shape index (κ3) is 4.22. The number of hydrogen-bond donors (Lipinski definition) is 2. The van der Waals surface area contributed by atoms with Gasteiger partial charge in [0.25, 0.3) is 0 Å². The van der Waals surface area contributed by atoms with E-state index in [9.17, 15) is 9.90 Å². The van der Waals surface area contributed by atoms with E-state index in [1.54, 1.807) is 0 Å². The van der Waals surface area contributed by atoms with Crippen LogP contribution >= 0.6 is 0 Å². The van der Waals surface area contributed by atoms with Gasteiger partial charge in [-0.25, -0.2) is 0 Å². The molecular formula is C14H20N2O3. The number of aliphatic carboxylic acids is 1. The van der Waals surface area contributed by atoms with E-state index in [-0.39, 0.29) is 6.42 Å². The third-order valence-corrected chi connectivity index (χ3v) is 3.37. The highest BCUT2D eigenvalue weighted by atomic mass is 16.4. The first-order valence-electron chi connectivity index (χ1n) is 6.57. The van der Waals surface area contributed by atoms with Gasteiger partial charge in [-0.1, -0.05) is 18.2 Å². The van der Waals surface area contributed by atoms with Crippen LogP contribution in [-0.4, -0.2) is 59.9 Å².